The maximum atomic E-state index is 13.3. The van der Waals surface area contributed by atoms with Crippen molar-refractivity contribution in [3.63, 3.8) is 0 Å². The summed E-state index contributed by atoms with van der Waals surface area (Å²) in [5.41, 5.74) is 6.82. The summed E-state index contributed by atoms with van der Waals surface area (Å²) in [7, 11) is 0. The zero-order valence-corrected chi connectivity index (χ0v) is 11.2. The fourth-order valence-corrected chi connectivity index (χ4v) is 1.96. The number of nitrogen functional groups attached to an aromatic ring is 1. The molecule has 0 amide bonds. The van der Waals surface area contributed by atoms with Crippen molar-refractivity contribution in [1.82, 2.24) is 9.78 Å². The smallest absolute Gasteiger partial charge is 0.138 e. The molecule has 1 heterocycles. The SMILES string of the molecule is Nc1cc(I)c(F)cc1-n1cc(Br)cn1. The minimum absolute atomic E-state index is 0.300. The maximum Gasteiger partial charge on any atom is 0.138 e. The molecule has 0 atom stereocenters. The van der Waals surface area contributed by atoms with Gasteiger partial charge in [-0.2, -0.15) is 5.10 Å². The molecule has 2 aromatic rings. The number of nitrogens with zero attached hydrogens (tertiary/aromatic N) is 2. The number of hydrogen-bond donors (Lipinski definition) is 1. The summed E-state index contributed by atoms with van der Waals surface area (Å²) in [6, 6.07) is 2.96. The van der Waals surface area contributed by atoms with Crippen molar-refractivity contribution in [1.29, 1.82) is 0 Å². The first-order valence-corrected chi connectivity index (χ1v) is 5.90. The molecular formula is C9H6BrFIN3. The predicted molar refractivity (Wildman–Crippen MR) is 68.4 cm³/mol. The van der Waals surface area contributed by atoms with E-state index in [1.54, 1.807) is 18.5 Å². The minimum atomic E-state index is -0.300. The van der Waals surface area contributed by atoms with Gasteiger partial charge < -0.3 is 5.73 Å². The first-order chi connectivity index (χ1) is 7.08. The largest absolute Gasteiger partial charge is 0.397 e. The van der Waals surface area contributed by atoms with Crippen molar-refractivity contribution in [2.45, 2.75) is 0 Å². The second kappa shape index (κ2) is 4.09. The van der Waals surface area contributed by atoms with E-state index in [0.717, 1.165) is 4.47 Å². The van der Waals surface area contributed by atoms with Crippen LogP contribution in [0.4, 0.5) is 10.1 Å². The van der Waals surface area contributed by atoms with Crippen molar-refractivity contribution in [2.24, 2.45) is 0 Å². The van der Waals surface area contributed by atoms with E-state index in [1.807, 2.05) is 22.6 Å². The van der Waals surface area contributed by atoms with Crippen LogP contribution in [0.2, 0.25) is 0 Å². The second-order valence-corrected chi connectivity index (χ2v) is 5.01. The van der Waals surface area contributed by atoms with Gasteiger partial charge in [0.15, 0.2) is 0 Å². The third kappa shape index (κ3) is 2.15. The lowest BCUT2D eigenvalue weighted by Gasteiger charge is -2.06. The molecule has 0 aliphatic carbocycles. The van der Waals surface area contributed by atoms with Crippen LogP contribution in [-0.2, 0) is 0 Å². The van der Waals surface area contributed by atoms with Gasteiger partial charge in [-0.15, -0.1) is 0 Å². The molecule has 78 valence electrons. The lowest BCUT2D eigenvalue weighted by atomic mass is 10.2. The molecule has 1 aromatic carbocycles. The highest BCUT2D eigenvalue weighted by molar-refractivity contribution is 14.1. The Morgan fingerprint density at radius 2 is 2.20 bits per heavy atom. The van der Waals surface area contributed by atoms with Gasteiger partial charge in [0.1, 0.15) is 5.82 Å². The van der Waals surface area contributed by atoms with Crippen molar-refractivity contribution >= 4 is 44.2 Å². The molecule has 0 radical (unpaired) electrons. The van der Waals surface area contributed by atoms with Crippen molar-refractivity contribution in [3.05, 3.63) is 38.4 Å². The summed E-state index contributed by atoms with van der Waals surface area (Å²) < 4.78 is 16.2. The van der Waals surface area contributed by atoms with Crippen LogP contribution in [0.15, 0.2) is 29.0 Å². The van der Waals surface area contributed by atoms with Crippen molar-refractivity contribution in [3.8, 4) is 5.69 Å². The number of nitrogens with two attached hydrogens (primary N) is 1. The van der Waals surface area contributed by atoms with Crippen LogP contribution in [0.25, 0.3) is 5.69 Å². The predicted octanol–water partition coefficient (Wildman–Crippen LogP) is 2.96. The molecule has 0 saturated carbocycles. The lowest BCUT2D eigenvalue weighted by Crippen LogP contribution is -2.02. The molecule has 0 spiro atoms. The summed E-state index contributed by atoms with van der Waals surface area (Å²) in [5.74, 6) is -0.300. The topological polar surface area (TPSA) is 43.8 Å². The maximum absolute atomic E-state index is 13.3. The zero-order valence-electron chi connectivity index (χ0n) is 7.42. The molecule has 0 unspecified atom stereocenters. The lowest BCUT2D eigenvalue weighted by molar-refractivity contribution is 0.618. The number of halogens is 3. The Morgan fingerprint density at radius 1 is 1.47 bits per heavy atom. The molecule has 0 aliphatic heterocycles. The summed E-state index contributed by atoms with van der Waals surface area (Å²) >= 11 is 5.16. The molecule has 0 aliphatic rings. The van der Waals surface area contributed by atoms with E-state index in [1.165, 1.54) is 10.7 Å². The highest BCUT2D eigenvalue weighted by Crippen LogP contribution is 2.23. The number of rotatable bonds is 1. The minimum Gasteiger partial charge on any atom is -0.397 e. The standard InChI is InChI=1S/C9H6BrFIN3/c10-5-3-14-15(4-5)9-1-6(11)7(12)2-8(9)13/h1-4H,13H2. The molecule has 2 N–H and O–H groups in total. The van der Waals surface area contributed by atoms with Crippen LogP contribution >= 0.6 is 38.5 Å². The van der Waals surface area contributed by atoms with Gasteiger partial charge in [0.25, 0.3) is 0 Å². The van der Waals surface area contributed by atoms with Gasteiger partial charge >= 0.3 is 0 Å². The number of anilines is 1. The third-order valence-corrected chi connectivity index (χ3v) is 3.10. The quantitative estimate of drug-likeness (QED) is 0.609. The number of hydrogen-bond acceptors (Lipinski definition) is 2. The monoisotopic (exact) mass is 381 g/mol. The van der Waals surface area contributed by atoms with Gasteiger partial charge in [-0.3, -0.25) is 0 Å². The fraction of sp³-hybridized carbons (Fsp3) is 0. The summed E-state index contributed by atoms with van der Waals surface area (Å²) in [6.45, 7) is 0. The van der Waals surface area contributed by atoms with Crippen LogP contribution < -0.4 is 5.73 Å². The molecule has 2 rings (SSSR count). The molecule has 0 bridgehead atoms. The van der Waals surface area contributed by atoms with Gasteiger partial charge in [0, 0.05) is 12.3 Å². The van der Waals surface area contributed by atoms with E-state index >= 15 is 0 Å². The van der Waals surface area contributed by atoms with E-state index in [4.69, 9.17) is 5.73 Å². The Balaban J connectivity index is 2.58. The van der Waals surface area contributed by atoms with Gasteiger partial charge in [0.05, 0.1) is 25.6 Å². The fourth-order valence-electron chi connectivity index (χ4n) is 1.18. The zero-order chi connectivity index (χ0) is 11.0. The molecule has 3 nitrogen and oxygen atoms in total. The van der Waals surface area contributed by atoms with Crippen LogP contribution in [0.5, 0.6) is 0 Å². The van der Waals surface area contributed by atoms with Crippen molar-refractivity contribution in [2.75, 3.05) is 5.73 Å². The van der Waals surface area contributed by atoms with Gasteiger partial charge in [-0.25, -0.2) is 9.07 Å². The summed E-state index contributed by atoms with van der Waals surface area (Å²) in [6.07, 6.45) is 3.34. The van der Waals surface area contributed by atoms with Crippen LogP contribution in [-0.4, -0.2) is 9.78 Å². The molecule has 15 heavy (non-hydrogen) atoms. The first-order valence-electron chi connectivity index (χ1n) is 4.03. The normalized spacial score (nSPS) is 10.6. The van der Waals surface area contributed by atoms with Crippen molar-refractivity contribution < 1.29 is 4.39 Å². The Labute approximate surface area is 108 Å². The average molecular weight is 382 g/mol. The van der Waals surface area contributed by atoms with Crippen LogP contribution in [0.1, 0.15) is 0 Å². The third-order valence-electron chi connectivity index (χ3n) is 1.87. The Kier molecular flexibility index (Phi) is 2.96. The van der Waals surface area contributed by atoms with Gasteiger partial charge in [0.2, 0.25) is 0 Å². The Hall–Kier alpha value is -0.630. The molecule has 0 fully saturated rings. The van der Waals surface area contributed by atoms with Crippen LogP contribution in [0, 0.1) is 9.39 Å². The Bertz CT molecular complexity index is 512. The number of aromatic nitrogens is 2. The van der Waals surface area contributed by atoms with Crippen LogP contribution in [0.3, 0.4) is 0 Å². The highest BCUT2D eigenvalue weighted by Gasteiger charge is 2.08. The Morgan fingerprint density at radius 3 is 2.80 bits per heavy atom. The molecular weight excluding hydrogens is 376 g/mol. The molecule has 1 aromatic heterocycles. The first kappa shape index (κ1) is 10.9. The van der Waals surface area contributed by atoms with Gasteiger partial charge in [-0.1, -0.05) is 0 Å². The summed E-state index contributed by atoms with van der Waals surface area (Å²) in [4.78, 5) is 0. The highest BCUT2D eigenvalue weighted by atomic mass is 127. The molecule has 0 saturated heterocycles. The number of benzene rings is 1. The van der Waals surface area contributed by atoms with E-state index in [-0.39, 0.29) is 5.82 Å². The summed E-state index contributed by atoms with van der Waals surface area (Å²) in [5, 5.41) is 4.04. The van der Waals surface area contributed by atoms with E-state index < -0.39 is 0 Å². The van der Waals surface area contributed by atoms with E-state index in [0.29, 0.717) is 14.9 Å². The second-order valence-electron chi connectivity index (χ2n) is 2.93. The molecule has 6 heteroatoms. The van der Waals surface area contributed by atoms with E-state index in [2.05, 4.69) is 21.0 Å². The van der Waals surface area contributed by atoms with E-state index in [9.17, 15) is 4.39 Å². The average Bonchev–Trinajstić information content (AvgIpc) is 2.58. The van der Waals surface area contributed by atoms with Gasteiger partial charge in [-0.05, 0) is 44.6 Å².